The zero-order valence-electron chi connectivity index (χ0n) is 9.34. The van der Waals surface area contributed by atoms with Crippen molar-refractivity contribution in [2.24, 2.45) is 5.41 Å². The Hall–Kier alpha value is -0.790. The molecule has 1 aromatic rings. The predicted molar refractivity (Wildman–Crippen MR) is 69.2 cm³/mol. The van der Waals surface area contributed by atoms with Crippen molar-refractivity contribution in [2.45, 2.75) is 20.3 Å². The summed E-state index contributed by atoms with van der Waals surface area (Å²) < 4.78 is 0. The van der Waals surface area contributed by atoms with Crippen LogP contribution in [0.4, 0.5) is 0 Å². The van der Waals surface area contributed by atoms with Gasteiger partial charge in [-0.05, 0) is 38.0 Å². The molecule has 0 fully saturated rings. The summed E-state index contributed by atoms with van der Waals surface area (Å²) in [5.41, 5.74) is 0.422. The Morgan fingerprint density at radius 2 is 2.06 bits per heavy atom. The first kappa shape index (κ1) is 13.3. The minimum absolute atomic E-state index is 0.508. The quantitative estimate of drug-likeness (QED) is 0.580. The van der Waals surface area contributed by atoms with Crippen molar-refractivity contribution in [3.63, 3.8) is 0 Å². The molecule has 0 heterocycles. The smallest absolute Gasteiger partial charge is 0.129 e. The molecule has 0 saturated carbocycles. The van der Waals surface area contributed by atoms with Gasteiger partial charge in [0.05, 0.1) is 0 Å². The molecule has 0 aliphatic rings. The third kappa shape index (κ3) is 3.36. The first-order chi connectivity index (χ1) is 7.50. The molecule has 0 aliphatic heterocycles. The highest BCUT2D eigenvalue weighted by atomic mass is 35.5. The fourth-order valence-corrected chi connectivity index (χ4v) is 2.07. The summed E-state index contributed by atoms with van der Waals surface area (Å²) in [5.74, 6) is 0. The van der Waals surface area contributed by atoms with E-state index in [4.69, 9.17) is 23.2 Å². The van der Waals surface area contributed by atoms with Crippen molar-refractivity contribution >= 4 is 29.5 Å². The van der Waals surface area contributed by atoms with Gasteiger partial charge in [0.2, 0.25) is 0 Å². The first-order valence-electron chi connectivity index (χ1n) is 5.05. The van der Waals surface area contributed by atoms with Crippen molar-refractivity contribution in [3.05, 3.63) is 46.0 Å². The molecule has 0 radical (unpaired) electrons. The Morgan fingerprint density at radius 1 is 1.38 bits per heavy atom. The van der Waals surface area contributed by atoms with Gasteiger partial charge < -0.3 is 4.79 Å². The van der Waals surface area contributed by atoms with Crippen molar-refractivity contribution in [2.75, 3.05) is 0 Å². The number of benzene rings is 1. The average molecular weight is 257 g/mol. The van der Waals surface area contributed by atoms with E-state index < -0.39 is 5.41 Å². The predicted octanol–water partition coefficient (Wildman–Crippen LogP) is 4.32. The molecule has 1 unspecified atom stereocenters. The minimum Gasteiger partial charge on any atom is -0.302 e. The van der Waals surface area contributed by atoms with Crippen molar-refractivity contribution in [3.8, 4) is 0 Å². The van der Waals surface area contributed by atoms with E-state index in [9.17, 15) is 4.79 Å². The van der Waals surface area contributed by atoms with Gasteiger partial charge in [-0.25, -0.2) is 0 Å². The topological polar surface area (TPSA) is 17.1 Å². The van der Waals surface area contributed by atoms with Crippen LogP contribution in [-0.2, 0) is 11.2 Å². The van der Waals surface area contributed by atoms with Crippen LogP contribution in [0, 0.1) is 5.41 Å². The normalized spacial score (nSPS) is 15.0. The molecule has 0 saturated heterocycles. The molecule has 86 valence electrons. The van der Waals surface area contributed by atoms with Gasteiger partial charge in [-0.15, -0.1) is 0 Å². The fourth-order valence-electron chi connectivity index (χ4n) is 1.60. The first-order valence-corrected chi connectivity index (χ1v) is 5.80. The maximum atomic E-state index is 11.1. The monoisotopic (exact) mass is 256 g/mol. The molecule has 0 N–H and O–H groups in total. The summed E-state index contributed by atoms with van der Waals surface area (Å²) in [6.45, 7) is 3.77. The second-order valence-corrected chi connectivity index (χ2v) is 4.88. The molecule has 0 aromatic heterocycles. The zero-order valence-corrected chi connectivity index (χ0v) is 10.8. The van der Waals surface area contributed by atoms with Gasteiger partial charge in [-0.2, -0.15) is 0 Å². The standard InChI is InChI=1S/C13H14Cl2O/c1-3-6-13(2,9-16)8-10-4-5-11(14)7-12(10)15/h3-7,9H,8H2,1-2H3. The molecule has 3 heteroatoms. The van der Waals surface area contributed by atoms with Gasteiger partial charge in [0, 0.05) is 15.5 Å². The highest BCUT2D eigenvalue weighted by Gasteiger charge is 2.21. The molecule has 0 bridgehead atoms. The molecular formula is C13H14Cl2O. The molecule has 1 nitrogen and oxygen atoms in total. The van der Waals surface area contributed by atoms with E-state index in [2.05, 4.69) is 0 Å². The summed E-state index contributed by atoms with van der Waals surface area (Å²) in [6.07, 6.45) is 5.28. The molecule has 16 heavy (non-hydrogen) atoms. The summed E-state index contributed by atoms with van der Waals surface area (Å²) >= 11 is 11.9. The molecule has 1 rings (SSSR count). The van der Waals surface area contributed by atoms with Crippen LogP contribution < -0.4 is 0 Å². The fraction of sp³-hybridized carbons (Fsp3) is 0.308. The molecule has 1 aromatic carbocycles. The largest absolute Gasteiger partial charge is 0.302 e. The number of carbonyl (C=O) groups excluding carboxylic acids is 1. The Bertz CT molecular complexity index is 412. The van der Waals surface area contributed by atoms with Crippen LogP contribution in [-0.4, -0.2) is 6.29 Å². The van der Waals surface area contributed by atoms with Crippen LogP contribution in [0.15, 0.2) is 30.4 Å². The third-order valence-corrected chi connectivity index (χ3v) is 2.99. The van der Waals surface area contributed by atoms with Crippen LogP contribution >= 0.6 is 23.2 Å². The van der Waals surface area contributed by atoms with Crippen LogP contribution in [0.1, 0.15) is 19.4 Å². The third-order valence-electron chi connectivity index (χ3n) is 2.40. The number of carbonyl (C=O) groups is 1. The number of allylic oxidation sites excluding steroid dienone is 2. The number of rotatable bonds is 4. The molecule has 0 spiro atoms. The summed E-state index contributed by atoms with van der Waals surface area (Å²) in [6, 6.07) is 5.33. The summed E-state index contributed by atoms with van der Waals surface area (Å²) in [7, 11) is 0. The summed E-state index contributed by atoms with van der Waals surface area (Å²) in [5, 5.41) is 1.21. The van der Waals surface area contributed by atoms with Crippen LogP contribution in [0.5, 0.6) is 0 Å². The number of halogens is 2. The maximum absolute atomic E-state index is 11.1. The van der Waals surface area contributed by atoms with E-state index in [1.165, 1.54) is 0 Å². The van der Waals surface area contributed by atoms with Gasteiger partial charge >= 0.3 is 0 Å². The van der Waals surface area contributed by atoms with Gasteiger partial charge in [0.1, 0.15) is 6.29 Å². The lowest BCUT2D eigenvalue weighted by molar-refractivity contribution is -0.113. The van der Waals surface area contributed by atoms with Gasteiger partial charge in [0.15, 0.2) is 0 Å². The average Bonchev–Trinajstić information content (AvgIpc) is 2.23. The van der Waals surface area contributed by atoms with E-state index in [0.717, 1.165) is 11.8 Å². The van der Waals surface area contributed by atoms with E-state index in [0.29, 0.717) is 16.5 Å². The van der Waals surface area contributed by atoms with E-state index in [1.807, 2.05) is 32.1 Å². The van der Waals surface area contributed by atoms with E-state index >= 15 is 0 Å². The lowest BCUT2D eigenvalue weighted by Gasteiger charge is -2.19. The highest BCUT2D eigenvalue weighted by Crippen LogP contribution is 2.28. The molecular weight excluding hydrogens is 243 g/mol. The van der Waals surface area contributed by atoms with Gasteiger partial charge in [-0.1, -0.05) is 41.4 Å². The Morgan fingerprint density at radius 3 is 2.56 bits per heavy atom. The van der Waals surface area contributed by atoms with Crippen LogP contribution in [0.3, 0.4) is 0 Å². The van der Waals surface area contributed by atoms with Crippen LogP contribution in [0.2, 0.25) is 10.0 Å². The van der Waals surface area contributed by atoms with Gasteiger partial charge in [-0.3, -0.25) is 0 Å². The van der Waals surface area contributed by atoms with Crippen LogP contribution in [0.25, 0.3) is 0 Å². The number of hydrogen-bond donors (Lipinski definition) is 0. The highest BCUT2D eigenvalue weighted by molar-refractivity contribution is 6.35. The summed E-state index contributed by atoms with van der Waals surface area (Å²) in [4.78, 5) is 11.1. The second kappa shape index (κ2) is 5.51. The second-order valence-electron chi connectivity index (χ2n) is 4.04. The van der Waals surface area contributed by atoms with E-state index in [1.54, 1.807) is 12.1 Å². The number of aldehydes is 1. The van der Waals surface area contributed by atoms with Crippen molar-refractivity contribution in [1.29, 1.82) is 0 Å². The van der Waals surface area contributed by atoms with Gasteiger partial charge in [0.25, 0.3) is 0 Å². The zero-order chi connectivity index (χ0) is 12.2. The SMILES string of the molecule is CC=CC(C)(C=O)Cc1ccc(Cl)cc1Cl. The molecule has 1 atom stereocenters. The Balaban J connectivity index is 2.99. The van der Waals surface area contributed by atoms with Crippen molar-refractivity contribution in [1.82, 2.24) is 0 Å². The Kier molecular flexibility index (Phi) is 4.57. The lowest BCUT2D eigenvalue weighted by Crippen LogP contribution is -2.18. The maximum Gasteiger partial charge on any atom is 0.129 e. The minimum atomic E-state index is -0.508. The molecule has 0 aliphatic carbocycles. The lowest BCUT2D eigenvalue weighted by atomic mass is 9.85. The van der Waals surface area contributed by atoms with Crippen molar-refractivity contribution < 1.29 is 4.79 Å². The number of hydrogen-bond acceptors (Lipinski definition) is 1. The molecule has 0 amide bonds. The van der Waals surface area contributed by atoms with E-state index in [-0.39, 0.29) is 0 Å². The Labute approximate surface area is 106 Å².